The SMILES string of the molecule is Cc1ccc(-c2nc3c(c(=O)c4ccccc4n3C)c(=O)n2-c2cccc(Cl)c2)cc1. The highest BCUT2D eigenvalue weighted by molar-refractivity contribution is 6.30. The van der Waals surface area contributed by atoms with Gasteiger partial charge in [0.25, 0.3) is 5.56 Å². The second-order valence-electron chi connectivity index (χ2n) is 7.53. The van der Waals surface area contributed by atoms with Gasteiger partial charge in [-0.2, -0.15) is 0 Å². The monoisotopic (exact) mass is 427 g/mol. The number of hydrogen-bond acceptors (Lipinski definition) is 3. The third-order valence-corrected chi connectivity index (χ3v) is 5.73. The van der Waals surface area contributed by atoms with Gasteiger partial charge in [0.15, 0.2) is 5.65 Å². The van der Waals surface area contributed by atoms with Gasteiger partial charge in [-0.15, -0.1) is 0 Å². The molecule has 0 fully saturated rings. The average molecular weight is 428 g/mol. The number of aryl methyl sites for hydroxylation is 2. The van der Waals surface area contributed by atoms with Crippen LogP contribution in [0.4, 0.5) is 0 Å². The zero-order chi connectivity index (χ0) is 21.7. The lowest BCUT2D eigenvalue weighted by Crippen LogP contribution is -2.28. The van der Waals surface area contributed by atoms with Crippen molar-refractivity contribution >= 4 is 33.5 Å². The smallest absolute Gasteiger partial charge is 0.271 e. The van der Waals surface area contributed by atoms with Crippen LogP contribution in [-0.2, 0) is 7.05 Å². The van der Waals surface area contributed by atoms with Gasteiger partial charge in [0.1, 0.15) is 11.2 Å². The van der Waals surface area contributed by atoms with Gasteiger partial charge in [0.2, 0.25) is 5.43 Å². The molecular weight excluding hydrogens is 410 g/mol. The third kappa shape index (κ3) is 3.05. The van der Waals surface area contributed by atoms with E-state index in [0.717, 1.165) is 16.6 Å². The maximum absolute atomic E-state index is 13.8. The van der Waals surface area contributed by atoms with Crippen molar-refractivity contribution in [3.63, 3.8) is 0 Å². The quantitative estimate of drug-likeness (QED) is 0.378. The second-order valence-corrected chi connectivity index (χ2v) is 7.96. The predicted molar refractivity (Wildman–Crippen MR) is 125 cm³/mol. The fourth-order valence-corrected chi connectivity index (χ4v) is 4.09. The topological polar surface area (TPSA) is 56.9 Å². The number of aromatic nitrogens is 3. The normalized spacial score (nSPS) is 11.3. The first-order chi connectivity index (χ1) is 15.0. The molecule has 6 heteroatoms. The molecule has 0 saturated carbocycles. The summed E-state index contributed by atoms with van der Waals surface area (Å²) < 4.78 is 3.27. The standard InChI is InChI=1S/C25H18ClN3O2/c1-15-10-12-16(13-11-15)23-27-24-21(22(30)19-8-3-4-9-20(19)28(24)2)25(31)29(23)18-7-5-6-17(26)14-18/h3-14H,1-2H3. The molecule has 152 valence electrons. The van der Waals surface area contributed by atoms with E-state index in [4.69, 9.17) is 16.6 Å². The summed E-state index contributed by atoms with van der Waals surface area (Å²) in [6.07, 6.45) is 0. The van der Waals surface area contributed by atoms with Crippen molar-refractivity contribution in [1.82, 2.24) is 14.1 Å². The van der Waals surface area contributed by atoms with Crippen LogP contribution >= 0.6 is 11.6 Å². The van der Waals surface area contributed by atoms with Gasteiger partial charge < -0.3 is 4.57 Å². The summed E-state index contributed by atoms with van der Waals surface area (Å²) >= 11 is 6.22. The molecule has 2 aromatic heterocycles. The van der Waals surface area contributed by atoms with Crippen LogP contribution in [0.2, 0.25) is 5.02 Å². The Kier molecular flexibility index (Phi) is 4.49. The largest absolute Gasteiger partial charge is 0.328 e. The average Bonchev–Trinajstić information content (AvgIpc) is 2.77. The lowest BCUT2D eigenvalue weighted by atomic mass is 10.1. The molecule has 0 N–H and O–H groups in total. The minimum absolute atomic E-state index is 0.0528. The summed E-state index contributed by atoms with van der Waals surface area (Å²) in [5.41, 5.74) is 2.74. The highest BCUT2D eigenvalue weighted by Gasteiger charge is 2.20. The molecule has 2 heterocycles. The first-order valence-corrected chi connectivity index (χ1v) is 10.2. The molecule has 0 bridgehead atoms. The van der Waals surface area contributed by atoms with Gasteiger partial charge in [-0.3, -0.25) is 14.2 Å². The van der Waals surface area contributed by atoms with Crippen molar-refractivity contribution in [2.24, 2.45) is 7.05 Å². The van der Waals surface area contributed by atoms with Crippen LogP contribution in [0.5, 0.6) is 0 Å². The van der Waals surface area contributed by atoms with E-state index >= 15 is 0 Å². The molecule has 5 nitrogen and oxygen atoms in total. The van der Waals surface area contributed by atoms with Crippen molar-refractivity contribution < 1.29 is 0 Å². The zero-order valence-electron chi connectivity index (χ0n) is 17.0. The maximum atomic E-state index is 13.8. The lowest BCUT2D eigenvalue weighted by molar-refractivity contribution is 0.924. The van der Waals surface area contributed by atoms with Crippen molar-refractivity contribution in [3.05, 3.63) is 104 Å². The number of benzene rings is 3. The summed E-state index contributed by atoms with van der Waals surface area (Å²) in [5, 5.41) is 1.03. The van der Waals surface area contributed by atoms with E-state index < -0.39 is 5.56 Å². The summed E-state index contributed by atoms with van der Waals surface area (Å²) in [7, 11) is 1.82. The molecule has 0 radical (unpaired) electrons. The van der Waals surface area contributed by atoms with Crippen LogP contribution < -0.4 is 11.0 Å². The van der Waals surface area contributed by atoms with Crippen molar-refractivity contribution in [2.75, 3.05) is 0 Å². The summed E-state index contributed by atoms with van der Waals surface area (Å²) in [6.45, 7) is 2.00. The van der Waals surface area contributed by atoms with Crippen LogP contribution in [0.1, 0.15) is 5.56 Å². The number of pyridine rings is 1. The van der Waals surface area contributed by atoms with Gasteiger partial charge in [0, 0.05) is 23.0 Å². The zero-order valence-corrected chi connectivity index (χ0v) is 17.7. The molecule has 0 aliphatic rings. The lowest BCUT2D eigenvalue weighted by Gasteiger charge is -2.16. The van der Waals surface area contributed by atoms with E-state index in [-0.39, 0.29) is 10.8 Å². The Morgan fingerprint density at radius 3 is 2.39 bits per heavy atom. The molecule has 0 amide bonds. The van der Waals surface area contributed by atoms with Crippen LogP contribution in [0, 0.1) is 6.92 Å². The number of fused-ring (bicyclic) bond motifs is 2. The van der Waals surface area contributed by atoms with Crippen LogP contribution in [0.15, 0.2) is 82.4 Å². The molecule has 0 aliphatic heterocycles. The Hall–Kier alpha value is -3.70. The van der Waals surface area contributed by atoms with Crippen molar-refractivity contribution in [2.45, 2.75) is 6.92 Å². The van der Waals surface area contributed by atoms with E-state index in [1.54, 1.807) is 41.0 Å². The minimum atomic E-state index is -0.422. The Bertz CT molecular complexity index is 1600. The molecule has 5 rings (SSSR count). The number of hydrogen-bond donors (Lipinski definition) is 0. The van der Waals surface area contributed by atoms with Crippen LogP contribution in [0.25, 0.3) is 39.0 Å². The Balaban J connectivity index is 2.01. The Labute approximate surface area is 182 Å². The van der Waals surface area contributed by atoms with Crippen molar-refractivity contribution in [1.29, 1.82) is 0 Å². The number of halogens is 1. The van der Waals surface area contributed by atoms with Gasteiger partial charge in [-0.1, -0.05) is 59.6 Å². The van der Waals surface area contributed by atoms with E-state index in [2.05, 4.69) is 0 Å². The first-order valence-electron chi connectivity index (χ1n) is 9.83. The summed E-state index contributed by atoms with van der Waals surface area (Å²) in [5.74, 6) is 0.449. The molecule has 0 atom stereocenters. The van der Waals surface area contributed by atoms with Gasteiger partial charge in [0.05, 0.1) is 11.2 Å². The first kappa shape index (κ1) is 19.3. The number of rotatable bonds is 2. The summed E-state index contributed by atoms with van der Waals surface area (Å²) in [4.78, 5) is 31.9. The highest BCUT2D eigenvalue weighted by atomic mass is 35.5. The van der Waals surface area contributed by atoms with E-state index in [1.807, 2.05) is 50.4 Å². The Morgan fingerprint density at radius 1 is 0.903 bits per heavy atom. The van der Waals surface area contributed by atoms with Gasteiger partial charge in [-0.05, 0) is 37.3 Å². The van der Waals surface area contributed by atoms with Gasteiger partial charge >= 0.3 is 0 Å². The highest BCUT2D eigenvalue weighted by Crippen LogP contribution is 2.24. The van der Waals surface area contributed by atoms with E-state index in [0.29, 0.717) is 27.6 Å². The molecule has 0 saturated heterocycles. The third-order valence-electron chi connectivity index (χ3n) is 5.50. The predicted octanol–water partition coefficient (Wildman–Crippen LogP) is 4.87. The molecule has 5 aromatic rings. The van der Waals surface area contributed by atoms with E-state index in [9.17, 15) is 9.59 Å². The van der Waals surface area contributed by atoms with Gasteiger partial charge in [-0.25, -0.2) is 4.98 Å². The van der Waals surface area contributed by atoms with Crippen LogP contribution in [0.3, 0.4) is 0 Å². The second kappa shape index (κ2) is 7.22. The molecule has 3 aromatic carbocycles. The van der Waals surface area contributed by atoms with E-state index in [1.165, 1.54) is 4.57 Å². The molecule has 0 spiro atoms. The van der Waals surface area contributed by atoms with Crippen molar-refractivity contribution in [3.8, 4) is 17.1 Å². The minimum Gasteiger partial charge on any atom is -0.328 e. The fraction of sp³-hybridized carbons (Fsp3) is 0.0800. The fourth-order valence-electron chi connectivity index (χ4n) is 3.91. The number of nitrogens with zero attached hydrogens (tertiary/aromatic N) is 3. The number of para-hydroxylation sites is 1. The molecule has 31 heavy (non-hydrogen) atoms. The summed E-state index contributed by atoms with van der Waals surface area (Å²) in [6, 6.07) is 22.0. The Morgan fingerprint density at radius 2 is 1.65 bits per heavy atom. The maximum Gasteiger partial charge on any atom is 0.271 e. The molecule has 0 aliphatic carbocycles. The molecular formula is C25H18ClN3O2. The molecule has 0 unspecified atom stereocenters. The van der Waals surface area contributed by atoms with Crippen LogP contribution in [-0.4, -0.2) is 14.1 Å².